The largest absolute Gasteiger partial charge is 0.573 e. The van der Waals surface area contributed by atoms with E-state index in [1.807, 2.05) is 0 Å². The maximum Gasteiger partial charge on any atom is 0.573 e. The van der Waals surface area contributed by atoms with Crippen LogP contribution in [-0.2, 0) is 4.74 Å². The molecule has 23 heavy (non-hydrogen) atoms. The molecule has 2 rings (SSSR count). The van der Waals surface area contributed by atoms with Crippen molar-refractivity contribution in [1.29, 1.82) is 0 Å². The van der Waals surface area contributed by atoms with Crippen LogP contribution in [0.15, 0.2) is 29.3 Å². The van der Waals surface area contributed by atoms with Crippen LogP contribution < -0.4 is 4.74 Å². The fraction of sp³-hybridized carbons (Fsp3) is 0.417. The van der Waals surface area contributed by atoms with Gasteiger partial charge in [0.2, 0.25) is 12.2 Å². The van der Waals surface area contributed by atoms with Crippen LogP contribution in [0.1, 0.15) is 5.56 Å². The van der Waals surface area contributed by atoms with Crippen molar-refractivity contribution < 1.29 is 46.0 Å². The molecule has 1 aliphatic heterocycles. The van der Waals surface area contributed by atoms with Crippen molar-refractivity contribution in [1.82, 2.24) is 0 Å². The first-order valence-corrected chi connectivity index (χ1v) is 6.01. The lowest BCUT2D eigenvalue weighted by molar-refractivity contribution is -0.274. The van der Waals surface area contributed by atoms with E-state index in [-0.39, 0.29) is 5.56 Å². The maximum absolute atomic E-state index is 12.4. The Morgan fingerprint density at radius 3 is 2.39 bits per heavy atom. The molecule has 3 atom stereocenters. The topological polar surface area (TPSA) is 71.3 Å². The Balaban J connectivity index is 2.24. The molecule has 128 valence electrons. The number of aliphatic hydroxyl groups excluding tert-OH is 2. The Kier molecular flexibility index (Phi) is 4.44. The molecule has 1 heterocycles. The number of benzene rings is 1. The van der Waals surface area contributed by atoms with Gasteiger partial charge in [0, 0.05) is 5.56 Å². The van der Waals surface area contributed by atoms with Crippen LogP contribution in [0.5, 0.6) is 5.75 Å². The van der Waals surface area contributed by atoms with E-state index in [2.05, 4.69) is 14.5 Å². The normalized spacial score (nSPS) is 23.2. The van der Waals surface area contributed by atoms with Crippen molar-refractivity contribution in [3.63, 3.8) is 0 Å². The molecular weight excluding hydrogens is 336 g/mol. The summed E-state index contributed by atoms with van der Waals surface area (Å²) in [4.78, 5) is 3.38. The number of halogens is 6. The van der Waals surface area contributed by atoms with Gasteiger partial charge in [-0.15, -0.1) is 13.2 Å². The number of aliphatic imine (C=N–C) groups is 1. The molecule has 0 amide bonds. The minimum absolute atomic E-state index is 0.150. The van der Waals surface area contributed by atoms with Crippen LogP contribution in [0.4, 0.5) is 26.3 Å². The van der Waals surface area contributed by atoms with Crippen LogP contribution in [0.2, 0.25) is 0 Å². The molecule has 0 fully saturated rings. The standard InChI is InChI=1S/C12H9F6NO4/c13-11(14,15)8(20)7-10(21)22-9(19-7)5-2-1-3-6(4-5)23-12(16,17)18/h1-4,7-8,10,20-21H. The first kappa shape index (κ1) is 17.3. The van der Waals surface area contributed by atoms with Gasteiger partial charge in [-0.3, -0.25) is 0 Å². The van der Waals surface area contributed by atoms with Gasteiger partial charge in [-0.05, 0) is 18.2 Å². The molecule has 1 aliphatic rings. The van der Waals surface area contributed by atoms with Crippen molar-refractivity contribution in [3.8, 4) is 5.75 Å². The maximum atomic E-state index is 12.4. The van der Waals surface area contributed by atoms with Gasteiger partial charge in [-0.2, -0.15) is 13.2 Å². The van der Waals surface area contributed by atoms with Gasteiger partial charge in [0.1, 0.15) is 5.75 Å². The second kappa shape index (κ2) is 5.89. The predicted octanol–water partition coefficient (Wildman–Crippen LogP) is 1.97. The Bertz CT molecular complexity index is 600. The predicted molar refractivity (Wildman–Crippen MR) is 62.6 cm³/mol. The zero-order chi connectivity index (χ0) is 17.4. The summed E-state index contributed by atoms with van der Waals surface area (Å²) in [5, 5.41) is 18.5. The third-order valence-electron chi connectivity index (χ3n) is 2.76. The lowest BCUT2D eigenvalue weighted by atomic mass is 10.1. The molecule has 2 N–H and O–H groups in total. The zero-order valence-corrected chi connectivity index (χ0v) is 11.0. The van der Waals surface area contributed by atoms with Crippen LogP contribution in [0, 0.1) is 0 Å². The average Bonchev–Trinajstić information content (AvgIpc) is 2.77. The highest BCUT2D eigenvalue weighted by Gasteiger charge is 2.49. The number of rotatable bonds is 3. The number of hydrogen-bond donors (Lipinski definition) is 2. The number of nitrogens with zero attached hydrogens (tertiary/aromatic N) is 1. The average molecular weight is 345 g/mol. The summed E-state index contributed by atoms with van der Waals surface area (Å²) in [6.45, 7) is 0. The highest BCUT2D eigenvalue weighted by Crippen LogP contribution is 2.30. The highest BCUT2D eigenvalue weighted by atomic mass is 19.4. The first-order valence-electron chi connectivity index (χ1n) is 6.01. The molecule has 11 heteroatoms. The molecule has 3 unspecified atom stereocenters. The molecule has 5 nitrogen and oxygen atoms in total. The Morgan fingerprint density at radius 2 is 1.83 bits per heavy atom. The summed E-state index contributed by atoms with van der Waals surface area (Å²) in [7, 11) is 0. The van der Waals surface area contributed by atoms with Gasteiger partial charge in [0.05, 0.1) is 0 Å². The summed E-state index contributed by atoms with van der Waals surface area (Å²) < 4.78 is 82.0. The van der Waals surface area contributed by atoms with Crippen LogP contribution in [0.25, 0.3) is 0 Å². The number of hydrogen-bond acceptors (Lipinski definition) is 5. The van der Waals surface area contributed by atoms with E-state index in [4.69, 9.17) is 5.11 Å². The Labute approximate surface area is 124 Å². The van der Waals surface area contributed by atoms with Gasteiger partial charge in [-0.1, -0.05) is 6.07 Å². The van der Waals surface area contributed by atoms with Gasteiger partial charge >= 0.3 is 12.5 Å². The van der Waals surface area contributed by atoms with Crippen molar-refractivity contribution in [2.24, 2.45) is 4.99 Å². The van der Waals surface area contributed by atoms with Gasteiger partial charge in [-0.25, -0.2) is 4.99 Å². The fourth-order valence-electron chi connectivity index (χ4n) is 1.80. The van der Waals surface area contributed by atoms with E-state index in [0.717, 1.165) is 18.2 Å². The number of aliphatic hydroxyl groups is 2. The molecule has 0 aliphatic carbocycles. The van der Waals surface area contributed by atoms with E-state index < -0.39 is 42.6 Å². The molecule has 0 saturated carbocycles. The summed E-state index contributed by atoms with van der Waals surface area (Å²) in [6, 6.07) is 2.06. The third-order valence-corrected chi connectivity index (χ3v) is 2.76. The summed E-state index contributed by atoms with van der Waals surface area (Å²) in [5.41, 5.74) is -0.150. The first-order chi connectivity index (χ1) is 10.5. The van der Waals surface area contributed by atoms with Crippen molar-refractivity contribution in [2.45, 2.75) is 31.0 Å². The zero-order valence-electron chi connectivity index (χ0n) is 11.0. The van der Waals surface area contributed by atoms with E-state index in [1.54, 1.807) is 0 Å². The van der Waals surface area contributed by atoms with Crippen molar-refractivity contribution >= 4 is 5.90 Å². The van der Waals surface area contributed by atoms with Crippen molar-refractivity contribution in [3.05, 3.63) is 29.8 Å². The number of alkyl halides is 6. The molecule has 0 bridgehead atoms. The minimum Gasteiger partial charge on any atom is -0.445 e. The second-order valence-electron chi connectivity index (χ2n) is 4.50. The van der Waals surface area contributed by atoms with E-state index in [9.17, 15) is 31.4 Å². The van der Waals surface area contributed by atoms with Crippen LogP contribution in [-0.4, -0.2) is 47.1 Å². The lowest BCUT2D eigenvalue weighted by Crippen LogP contribution is -2.43. The molecule has 0 aromatic heterocycles. The van der Waals surface area contributed by atoms with Crippen LogP contribution in [0.3, 0.4) is 0 Å². The molecule has 0 saturated heterocycles. The summed E-state index contributed by atoms with van der Waals surface area (Å²) in [5.74, 6) is -1.19. The lowest BCUT2D eigenvalue weighted by Gasteiger charge is -2.20. The highest BCUT2D eigenvalue weighted by molar-refractivity contribution is 5.95. The Morgan fingerprint density at radius 1 is 1.17 bits per heavy atom. The summed E-state index contributed by atoms with van der Waals surface area (Å²) >= 11 is 0. The smallest absolute Gasteiger partial charge is 0.445 e. The quantitative estimate of drug-likeness (QED) is 0.822. The minimum atomic E-state index is -5.05. The fourth-order valence-corrected chi connectivity index (χ4v) is 1.80. The van der Waals surface area contributed by atoms with Gasteiger partial charge in [0.15, 0.2) is 12.1 Å². The van der Waals surface area contributed by atoms with E-state index >= 15 is 0 Å². The monoisotopic (exact) mass is 345 g/mol. The Hall–Kier alpha value is -2.01. The second-order valence-corrected chi connectivity index (χ2v) is 4.50. The van der Waals surface area contributed by atoms with E-state index in [0.29, 0.717) is 0 Å². The SMILES string of the molecule is OC1OC(c2cccc(OC(F)(F)F)c2)=NC1C(O)C(F)(F)F. The van der Waals surface area contributed by atoms with Crippen LogP contribution >= 0.6 is 0 Å². The van der Waals surface area contributed by atoms with Gasteiger partial charge < -0.3 is 19.7 Å². The summed E-state index contributed by atoms with van der Waals surface area (Å²) in [6.07, 6.45) is -15.1. The molecule has 1 aromatic carbocycles. The number of ether oxygens (including phenoxy) is 2. The molecule has 0 spiro atoms. The third kappa shape index (κ3) is 4.26. The molecular formula is C12H9F6NO4. The van der Waals surface area contributed by atoms with E-state index in [1.165, 1.54) is 6.07 Å². The molecule has 1 aromatic rings. The molecule has 0 radical (unpaired) electrons. The van der Waals surface area contributed by atoms with Gasteiger partial charge in [0.25, 0.3) is 0 Å². The van der Waals surface area contributed by atoms with Crippen molar-refractivity contribution in [2.75, 3.05) is 0 Å².